The summed E-state index contributed by atoms with van der Waals surface area (Å²) in [5.41, 5.74) is 5.76. The molecule has 0 radical (unpaired) electrons. The maximum Gasteiger partial charge on any atom is 0.136 e. The maximum absolute atomic E-state index is 12.1. The highest BCUT2D eigenvalue weighted by Crippen LogP contribution is 2.31. The van der Waals surface area contributed by atoms with Crippen LogP contribution in [0.5, 0.6) is 0 Å². The highest BCUT2D eigenvalue weighted by atomic mass is 16.1. The molecule has 2 nitrogen and oxygen atoms in total. The van der Waals surface area contributed by atoms with Crippen LogP contribution in [-0.2, 0) is 4.79 Å². The molecule has 1 rings (SSSR count). The van der Waals surface area contributed by atoms with Gasteiger partial charge in [-0.2, -0.15) is 0 Å². The van der Waals surface area contributed by atoms with Crippen molar-refractivity contribution in [2.45, 2.75) is 58.8 Å². The van der Waals surface area contributed by atoms with Crippen molar-refractivity contribution in [3.63, 3.8) is 0 Å². The second-order valence-electron chi connectivity index (χ2n) is 5.64. The summed E-state index contributed by atoms with van der Waals surface area (Å²) in [6.07, 6.45) is 7.74. The van der Waals surface area contributed by atoms with Gasteiger partial charge in [-0.1, -0.05) is 33.1 Å². The third kappa shape index (κ3) is 4.25. The molecule has 0 amide bonds. The summed E-state index contributed by atoms with van der Waals surface area (Å²) in [4.78, 5) is 12.1. The van der Waals surface area contributed by atoms with Gasteiger partial charge >= 0.3 is 0 Å². The monoisotopic (exact) mass is 225 g/mol. The van der Waals surface area contributed by atoms with E-state index in [0.717, 1.165) is 25.7 Å². The molecule has 0 spiro atoms. The summed E-state index contributed by atoms with van der Waals surface area (Å²) < 4.78 is 0. The first-order valence-electron chi connectivity index (χ1n) is 6.88. The molecule has 0 heterocycles. The van der Waals surface area contributed by atoms with Gasteiger partial charge in [-0.15, -0.1) is 0 Å². The molecule has 1 fully saturated rings. The predicted octanol–water partition coefficient (Wildman–Crippen LogP) is 3.15. The maximum atomic E-state index is 12.1. The molecule has 2 N–H and O–H groups in total. The number of hydrogen-bond donors (Lipinski definition) is 1. The van der Waals surface area contributed by atoms with E-state index in [2.05, 4.69) is 13.8 Å². The molecule has 0 bridgehead atoms. The largest absolute Gasteiger partial charge is 0.330 e. The van der Waals surface area contributed by atoms with Crippen molar-refractivity contribution in [3.05, 3.63) is 0 Å². The Morgan fingerprint density at radius 2 is 2.00 bits per heavy atom. The normalized spacial score (nSPS) is 26.0. The fourth-order valence-corrected chi connectivity index (χ4v) is 2.78. The molecule has 2 atom stereocenters. The van der Waals surface area contributed by atoms with E-state index in [1.807, 2.05) is 0 Å². The first kappa shape index (κ1) is 13.7. The second-order valence-corrected chi connectivity index (χ2v) is 5.64. The second kappa shape index (κ2) is 7.05. The Morgan fingerprint density at radius 1 is 1.31 bits per heavy atom. The van der Waals surface area contributed by atoms with Gasteiger partial charge in [0.05, 0.1) is 0 Å². The molecule has 0 aromatic heterocycles. The van der Waals surface area contributed by atoms with E-state index in [-0.39, 0.29) is 5.92 Å². The van der Waals surface area contributed by atoms with Crippen molar-refractivity contribution < 1.29 is 4.79 Å². The van der Waals surface area contributed by atoms with E-state index in [1.54, 1.807) is 0 Å². The number of ketones is 1. The Balaban J connectivity index is 2.33. The molecule has 94 valence electrons. The molecule has 16 heavy (non-hydrogen) atoms. The van der Waals surface area contributed by atoms with Gasteiger partial charge in [0.2, 0.25) is 0 Å². The summed E-state index contributed by atoms with van der Waals surface area (Å²) >= 11 is 0. The summed E-state index contributed by atoms with van der Waals surface area (Å²) in [6.45, 7) is 5.13. The van der Waals surface area contributed by atoms with Gasteiger partial charge in [0, 0.05) is 12.3 Å². The molecule has 1 aliphatic carbocycles. The van der Waals surface area contributed by atoms with Crippen LogP contribution in [0.15, 0.2) is 0 Å². The third-order valence-corrected chi connectivity index (χ3v) is 3.83. The fraction of sp³-hybridized carbons (Fsp3) is 0.929. The van der Waals surface area contributed by atoms with Crippen LogP contribution < -0.4 is 5.73 Å². The lowest BCUT2D eigenvalue weighted by atomic mass is 9.76. The van der Waals surface area contributed by atoms with Crippen LogP contribution >= 0.6 is 0 Å². The first-order valence-corrected chi connectivity index (χ1v) is 6.88. The Labute approximate surface area is 100.0 Å². The quantitative estimate of drug-likeness (QED) is 0.754. The number of nitrogens with two attached hydrogens (primary N) is 1. The van der Waals surface area contributed by atoms with Crippen molar-refractivity contribution in [1.82, 2.24) is 0 Å². The van der Waals surface area contributed by atoms with E-state index < -0.39 is 0 Å². The number of hydrogen-bond acceptors (Lipinski definition) is 2. The van der Waals surface area contributed by atoms with Crippen LogP contribution in [0.25, 0.3) is 0 Å². The van der Waals surface area contributed by atoms with Gasteiger partial charge in [-0.25, -0.2) is 0 Å². The number of Topliss-reactive ketones (excluding diaryl/α,β-unsaturated/α-hetero) is 1. The van der Waals surface area contributed by atoms with Crippen molar-refractivity contribution >= 4 is 5.78 Å². The zero-order chi connectivity index (χ0) is 12.0. The van der Waals surface area contributed by atoms with Crippen LogP contribution in [0.2, 0.25) is 0 Å². The van der Waals surface area contributed by atoms with Gasteiger partial charge in [0.1, 0.15) is 5.78 Å². The highest BCUT2D eigenvalue weighted by Gasteiger charge is 2.28. The minimum atomic E-state index is 0.283. The van der Waals surface area contributed by atoms with Crippen molar-refractivity contribution in [1.29, 1.82) is 0 Å². The third-order valence-electron chi connectivity index (χ3n) is 3.83. The van der Waals surface area contributed by atoms with Gasteiger partial charge < -0.3 is 5.73 Å². The van der Waals surface area contributed by atoms with Crippen LogP contribution in [0, 0.1) is 17.8 Å². The van der Waals surface area contributed by atoms with E-state index in [1.165, 1.54) is 19.3 Å². The van der Waals surface area contributed by atoms with Crippen molar-refractivity contribution in [2.75, 3.05) is 6.54 Å². The molecule has 2 unspecified atom stereocenters. The summed E-state index contributed by atoms with van der Waals surface area (Å²) in [7, 11) is 0. The van der Waals surface area contributed by atoms with Gasteiger partial charge in [-0.3, -0.25) is 4.79 Å². The molecular weight excluding hydrogens is 198 g/mol. The summed E-state index contributed by atoms with van der Waals surface area (Å²) in [6, 6.07) is 0. The van der Waals surface area contributed by atoms with Crippen molar-refractivity contribution in [3.8, 4) is 0 Å². The molecule has 0 saturated heterocycles. The number of carbonyl (C=O) groups excluding carboxylic acids is 1. The van der Waals surface area contributed by atoms with E-state index >= 15 is 0 Å². The average molecular weight is 225 g/mol. The van der Waals surface area contributed by atoms with Crippen LogP contribution in [0.3, 0.4) is 0 Å². The Kier molecular flexibility index (Phi) is 6.04. The average Bonchev–Trinajstić information content (AvgIpc) is 2.28. The molecule has 0 aromatic rings. The number of carbonyl (C=O) groups is 1. The zero-order valence-corrected chi connectivity index (χ0v) is 10.9. The summed E-state index contributed by atoms with van der Waals surface area (Å²) in [5.74, 6) is 1.95. The van der Waals surface area contributed by atoms with E-state index in [4.69, 9.17) is 5.73 Å². The number of rotatable bonds is 6. The van der Waals surface area contributed by atoms with Gasteiger partial charge in [0.25, 0.3) is 0 Å². The van der Waals surface area contributed by atoms with Crippen LogP contribution in [0.1, 0.15) is 58.8 Å². The minimum Gasteiger partial charge on any atom is -0.330 e. The predicted molar refractivity (Wildman–Crippen MR) is 68.2 cm³/mol. The first-order chi connectivity index (χ1) is 7.65. The van der Waals surface area contributed by atoms with Gasteiger partial charge in [0.15, 0.2) is 0 Å². The van der Waals surface area contributed by atoms with E-state index in [0.29, 0.717) is 24.2 Å². The summed E-state index contributed by atoms with van der Waals surface area (Å²) in [5, 5.41) is 0. The SMILES string of the molecule is CC(C)CCCC(=O)C1CCCCC1CN. The lowest BCUT2D eigenvalue weighted by molar-refractivity contribution is -0.125. The Bertz CT molecular complexity index is 213. The topological polar surface area (TPSA) is 43.1 Å². The minimum absolute atomic E-state index is 0.283. The van der Waals surface area contributed by atoms with Gasteiger partial charge in [-0.05, 0) is 37.6 Å². The molecule has 1 saturated carbocycles. The Hall–Kier alpha value is -0.370. The zero-order valence-electron chi connectivity index (χ0n) is 10.9. The molecule has 1 aliphatic rings. The molecule has 2 heteroatoms. The lowest BCUT2D eigenvalue weighted by Gasteiger charge is -2.29. The van der Waals surface area contributed by atoms with E-state index in [9.17, 15) is 4.79 Å². The van der Waals surface area contributed by atoms with Crippen LogP contribution in [0.4, 0.5) is 0 Å². The van der Waals surface area contributed by atoms with Crippen molar-refractivity contribution in [2.24, 2.45) is 23.5 Å². The molecule has 0 aromatic carbocycles. The van der Waals surface area contributed by atoms with Crippen LogP contribution in [-0.4, -0.2) is 12.3 Å². The fourth-order valence-electron chi connectivity index (χ4n) is 2.78. The Morgan fingerprint density at radius 3 is 2.62 bits per heavy atom. The molecular formula is C14H27NO. The lowest BCUT2D eigenvalue weighted by Crippen LogP contribution is -2.32. The highest BCUT2D eigenvalue weighted by molar-refractivity contribution is 5.81. The standard InChI is InChI=1S/C14H27NO/c1-11(2)6-5-9-14(16)13-8-4-3-7-12(13)10-15/h11-13H,3-10,15H2,1-2H3. The molecule has 0 aliphatic heterocycles. The smallest absolute Gasteiger partial charge is 0.136 e.